The predicted octanol–water partition coefficient (Wildman–Crippen LogP) is 7.20. The second-order valence-corrected chi connectivity index (χ2v) is 13.2. The Labute approximate surface area is 199 Å². The summed E-state index contributed by atoms with van der Waals surface area (Å²) in [4.78, 5) is 25.3. The van der Waals surface area contributed by atoms with Crippen molar-refractivity contribution in [3.8, 4) is 0 Å². The second kappa shape index (κ2) is 6.61. The number of hydrogen-bond acceptors (Lipinski definition) is 3. The molecule has 5 rings (SSSR count). The first-order valence-corrected chi connectivity index (χ1v) is 12.8. The normalized spacial score (nSPS) is 46.8. The molecule has 3 fully saturated rings. The molecule has 1 N–H and O–H groups in total. The van der Waals surface area contributed by atoms with Crippen LogP contribution in [0, 0.1) is 33.0 Å². The van der Waals surface area contributed by atoms with Crippen LogP contribution in [0.5, 0.6) is 0 Å². The highest BCUT2D eigenvalue weighted by Gasteiger charge is 2.67. The number of aliphatic hydroxyl groups is 1. The average Bonchev–Trinajstić information content (AvgIpc) is 2.75. The van der Waals surface area contributed by atoms with Gasteiger partial charge in [-0.25, -0.2) is 0 Å². The minimum absolute atomic E-state index is 0.0161. The number of carbonyl (C=O) groups is 2. The molecule has 6 atom stereocenters. The highest BCUT2D eigenvalue weighted by atomic mass is 16.3. The topological polar surface area (TPSA) is 54.4 Å². The van der Waals surface area contributed by atoms with Crippen molar-refractivity contribution in [2.45, 2.75) is 93.4 Å². The summed E-state index contributed by atoms with van der Waals surface area (Å²) in [6, 6.07) is 0. The van der Waals surface area contributed by atoms with E-state index in [0.717, 1.165) is 49.7 Å². The van der Waals surface area contributed by atoms with Crippen molar-refractivity contribution in [3.05, 3.63) is 46.3 Å². The Morgan fingerprint density at radius 1 is 0.970 bits per heavy atom. The van der Waals surface area contributed by atoms with Crippen LogP contribution in [0.2, 0.25) is 0 Å². The fraction of sp³-hybridized carbons (Fsp3) is 0.667. The number of Topliss-reactive ketones (excluding diaryl/α,β-unsaturated/α-hetero) is 1. The van der Waals surface area contributed by atoms with Crippen LogP contribution >= 0.6 is 0 Å². The summed E-state index contributed by atoms with van der Waals surface area (Å²) in [6.07, 6.45) is 13.8. The summed E-state index contributed by atoms with van der Waals surface area (Å²) in [5, 5.41) is 10.3. The number of allylic oxidation sites excluding steroid dienone is 7. The van der Waals surface area contributed by atoms with Gasteiger partial charge in [0.1, 0.15) is 5.78 Å². The van der Waals surface area contributed by atoms with Crippen molar-refractivity contribution in [1.29, 1.82) is 0 Å². The molecule has 0 aromatic carbocycles. The summed E-state index contributed by atoms with van der Waals surface area (Å²) in [7, 11) is 0. The Hall–Kier alpha value is -1.90. The number of hydrogen-bond donors (Lipinski definition) is 1. The van der Waals surface area contributed by atoms with Crippen molar-refractivity contribution in [2.75, 3.05) is 0 Å². The molecule has 0 aromatic rings. The third-order valence-electron chi connectivity index (χ3n) is 11.7. The molecule has 0 amide bonds. The lowest BCUT2D eigenvalue weighted by molar-refractivity contribution is -0.167. The maximum absolute atomic E-state index is 12.7. The minimum atomic E-state index is -0.263. The Morgan fingerprint density at radius 2 is 1.64 bits per heavy atom. The van der Waals surface area contributed by atoms with Gasteiger partial charge in [0.2, 0.25) is 5.78 Å². The average molecular weight is 449 g/mol. The van der Waals surface area contributed by atoms with Gasteiger partial charge in [-0.3, -0.25) is 9.59 Å². The molecule has 6 unspecified atom stereocenters. The lowest BCUT2D eigenvalue weighted by Crippen LogP contribution is -2.62. The molecule has 5 aliphatic carbocycles. The molecule has 0 saturated heterocycles. The molecule has 3 saturated carbocycles. The summed E-state index contributed by atoms with van der Waals surface area (Å²) in [5.41, 5.74) is 4.29. The van der Waals surface area contributed by atoms with Crippen LogP contribution in [0.15, 0.2) is 46.3 Å². The molecule has 3 nitrogen and oxygen atoms in total. The first kappa shape index (κ1) is 22.9. The van der Waals surface area contributed by atoms with E-state index in [2.05, 4.69) is 46.8 Å². The maximum Gasteiger partial charge on any atom is 0.220 e. The van der Waals surface area contributed by atoms with Gasteiger partial charge in [0.15, 0.2) is 5.76 Å². The lowest BCUT2D eigenvalue weighted by atomic mass is 9.34. The van der Waals surface area contributed by atoms with Crippen LogP contribution in [0.4, 0.5) is 0 Å². The Bertz CT molecular complexity index is 1100. The van der Waals surface area contributed by atoms with Crippen LogP contribution in [0.25, 0.3) is 0 Å². The predicted molar refractivity (Wildman–Crippen MR) is 132 cm³/mol. The Kier molecular flexibility index (Phi) is 4.58. The molecular weight excluding hydrogens is 408 g/mol. The first-order valence-electron chi connectivity index (χ1n) is 12.8. The lowest BCUT2D eigenvalue weighted by Gasteiger charge is -2.70. The van der Waals surface area contributed by atoms with Crippen molar-refractivity contribution < 1.29 is 14.7 Å². The SMILES string of the molecule is CC(=O)C1(C)CCC2(C)CCC3(C)C4=CC=C5C(=CC(=O)C(O)=C5C)C4(C)CCC3(C)C2C1. The zero-order valence-electron chi connectivity index (χ0n) is 21.5. The highest BCUT2D eigenvalue weighted by Crippen LogP contribution is 2.75. The van der Waals surface area contributed by atoms with Gasteiger partial charge in [-0.2, -0.15) is 0 Å². The zero-order chi connectivity index (χ0) is 24.2. The van der Waals surface area contributed by atoms with E-state index in [0.29, 0.717) is 22.7 Å². The first-order chi connectivity index (χ1) is 15.2. The van der Waals surface area contributed by atoms with E-state index < -0.39 is 0 Å². The van der Waals surface area contributed by atoms with Crippen LogP contribution in [0.3, 0.4) is 0 Å². The van der Waals surface area contributed by atoms with Crippen molar-refractivity contribution in [3.63, 3.8) is 0 Å². The molecule has 178 valence electrons. The Balaban J connectivity index is 1.64. The monoisotopic (exact) mass is 448 g/mol. The molecule has 0 bridgehead atoms. The van der Waals surface area contributed by atoms with E-state index in [1.807, 2.05) is 6.92 Å². The molecule has 0 radical (unpaired) electrons. The summed E-state index contributed by atoms with van der Waals surface area (Å²) >= 11 is 0. The van der Waals surface area contributed by atoms with Crippen molar-refractivity contribution >= 4 is 11.6 Å². The van der Waals surface area contributed by atoms with Gasteiger partial charge in [0.05, 0.1) is 0 Å². The zero-order valence-corrected chi connectivity index (χ0v) is 21.5. The van der Waals surface area contributed by atoms with Crippen molar-refractivity contribution in [1.82, 2.24) is 0 Å². The van der Waals surface area contributed by atoms with Gasteiger partial charge in [-0.05, 0) is 98.2 Å². The van der Waals surface area contributed by atoms with Gasteiger partial charge in [0, 0.05) is 16.4 Å². The van der Waals surface area contributed by atoms with Gasteiger partial charge >= 0.3 is 0 Å². The summed E-state index contributed by atoms with van der Waals surface area (Å²) < 4.78 is 0. The van der Waals surface area contributed by atoms with Gasteiger partial charge < -0.3 is 5.11 Å². The third kappa shape index (κ3) is 2.68. The van der Waals surface area contributed by atoms with Crippen LogP contribution in [-0.4, -0.2) is 16.7 Å². The maximum atomic E-state index is 12.7. The quantitative estimate of drug-likeness (QED) is 0.461. The van der Waals surface area contributed by atoms with E-state index in [1.165, 1.54) is 12.0 Å². The van der Waals surface area contributed by atoms with E-state index in [1.54, 1.807) is 13.0 Å². The standard InChI is InChI=1S/C30H40O3/c1-18-20-8-9-23-28(5,21(20)16-22(32)25(18)33)13-15-30(7)24-17-27(4,19(2)31)11-10-26(24,3)12-14-29(23,30)6/h8-9,16,24,33H,10-15,17H2,1-7H3. The fourth-order valence-corrected chi connectivity index (χ4v) is 8.78. The molecule has 33 heavy (non-hydrogen) atoms. The van der Waals surface area contributed by atoms with Crippen LogP contribution < -0.4 is 0 Å². The summed E-state index contributed by atoms with van der Waals surface area (Å²) in [5.74, 6) is 0.478. The number of carbonyl (C=O) groups excluding carboxylic acids is 2. The molecule has 0 spiro atoms. The Morgan fingerprint density at radius 3 is 2.30 bits per heavy atom. The van der Waals surface area contributed by atoms with Crippen LogP contribution in [-0.2, 0) is 9.59 Å². The van der Waals surface area contributed by atoms with E-state index in [-0.39, 0.29) is 33.2 Å². The molecule has 0 aliphatic heterocycles. The molecule has 0 heterocycles. The van der Waals surface area contributed by atoms with Gasteiger partial charge in [-0.1, -0.05) is 52.3 Å². The third-order valence-corrected chi connectivity index (χ3v) is 11.7. The molecule has 0 aromatic heterocycles. The highest BCUT2D eigenvalue weighted by molar-refractivity contribution is 6.06. The van der Waals surface area contributed by atoms with E-state index >= 15 is 0 Å². The number of aliphatic hydroxyl groups excluding tert-OH is 1. The summed E-state index contributed by atoms with van der Waals surface area (Å²) in [6.45, 7) is 15.6. The number of rotatable bonds is 1. The largest absolute Gasteiger partial charge is 0.504 e. The van der Waals surface area contributed by atoms with Gasteiger partial charge in [-0.15, -0.1) is 0 Å². The second-order valence-electron chi connectivity index (χ2n) is 13.2. The molecule has 5 aliphatic rings. The fourth-order valence-electron chi connectivity index (χ4n) is 8.78. The van der Waals surface area contributed by atoms with E-state index in [9.17, 15) is 14.7 Å². The molecular formula is C30H40O3. The van der Waals surface area contributed by atoms with Crippen LogP contribution in [0.1, 0.15) is 93.4 Å². The number of fused-ring (bicyclic) bond motifs is 7. The van der Waals surface area contributed by atoms with Crippen molar-refractivity contribution in [2.24, 2.45) is 33.0 Å². The number of ketones is 2. The van der Waals surface area contributed by atoms with E-state index in [4.69, 9.17) is 0 Å². The minimum Gasteiger partial charge on any atom is -0.504 e. The smallest absolute Gasteiger partial charge is 0.220 e. The van der Waals surface area contributed by atoms with Gasteiger partial charge in [0.25, 0.3) is 0 Å². The molecule has 3 heteroatoms.